The van der Waals surface area contributed by atoms with Gasteiger partial charge in [-0.3, -0.25) is 19.3 Å². The summed E-state index contributed by atoms with van der Waals surface area (Å²) in [5, 5.41) is 9.57. The van der Waals surface area contributed by atoms with Gasteiger partial charge < -0.3 is 16.4 Å². The third-order valence-corrected chi connectivity index (χ3v) is 5.11. The zero-order chi connectivity index (χ0) is 18.2. The molecule has 3 amide bonds. The molecule has 0 aromatic carbocycles. The van der Waals surface area contributed by atoms with E-state index in [9.17, 15) is 14.4 Å². The van der Waals surface area contributed by atoms with Crippen molar-refractivity contribution in [2.75, 3.05) is 25.0 Å². The summed E-state index contributed by atoms with van der Waals surface area (Å²) in [6.45, 7) is 3.09. The second-order valence-electron chi connectivity index (χ2n) is 5.24. The number of carbonyl (C=O) groups is 3. The Morgan fingerprint density at radius 1 is 1.12 bits per heavy atom. The Bertz CT molecular complexity index is 728. The molecular weight excluding hydrogens is 360 g/mol. The van der Waals surface area contributed by atoms with Crippen molar-refractivity contribution in [2.45, 2.75) is 13.5 Å². The molecule has 25 heavy (non-hydrogen) atoms. The second-order valence-corrected chi connectivity index (χ2v) is 7.18. The van der Waals surface area contributed by atoms with Crippen molar-refractivity contribution < 1.29 is 14.4 Å². The largest absolute Gasteiger partial charge is 0.366 e. The first-order valence-corrected chi connectivity index (χ1v) is 9.44. The summed E-state index contributed by atoms with van der Waals surface area (Å²) >= 11 is 2.81. The third-order valence-electron chi connectivity index (χ3n) is 3.41. The number of nitrogens with zero attached hydrogens (tertiary/aromatic N) is 1. The molecule has 0 aliphatic rings. The van der Waals surface area contributed by atoms with Crippen LogP contribution >= 0.6 is 22.7 Å². The molecule has 0 unspecified atom stereocenters. The minimum Gasteiger partial charge on any atom is -0.366 e. The quantitative estimate of drug-likeness (QED) is 0.613. The highest BCUT2D eigenvalue weighted by molar-refractivity contribution is 7.14. The number of likely N-dealkylation sites (N-methyl/N-ethyl adjacent to an activating group) is 1. The molecule has 0 saturated carbocycles. The average molecular weight is 380 g/mol. The fourth-order valence-electron chi connectivity index (χ4n) is 2.11. The molecule has 0 aliphatic heterocycles. The van der Waals surface area contributed by atoms with Crippen LogP contribution in [0, 0.1) is 0 Å². The maximum atomic E-state index is 12.2. The van der Waals surface area contributed by atoms with Crippen LogP contribution in [0.5, 0.6) is 0 Å². The van der Waals surface area contributed by atoms with E-state index in [1.807, 2.05) is 24.4 Å². The van der Waals surface area contributed by atoms with Crippen molar-refractivity contribution in [3.05, 3.63) is 39.4 Å². The number of primary amides is 1. The van der Waals surface area contributed by atoms with Gasteiger partial charge in [0.05, 0.1) is 25.2 Å². The van der Waals surface area contributed by atoms with Gasteiger partial charge in [-0.15, -0.1) is 22.7 Å². The number of thiophene rings is 2. The van der Waals surface area contributed by atoms with Crippen LogP contribution in [0.15, 0.2) is 29.0 Å². The Morgan fingerprint density at radius 3 is 2.52 bits per heavy atom. The van der Waals surface area contributed by atoms with Crippen molar-refractivity contribution in [1.29, 1.82) is 0 Å². The fourth-order valence-corrected chi connectivity index (χ4v) is 3.56. The Kier molecular flexibility index (Phi) is 7.11. The highest BCUT2D eigenvalue weighted by Crippen LogP contribution is 2.22. The molecule has 0 radical (unpaired) electrons. The van der Waals surface area contributed by atoms with Crippen molar-refractivity contribution in [3.63, 3.8) is 0 Å². The predicted molar refractivity (Wildman–Crippen MR) is 99.7 cm³/mol. The molecule has 4 N–H and O–H groups in total. The first-order valence-electron chi connectivity index (χ1n) is 7.68. The zero-order valence-electron chi connectivity index (χ0n) is 13.8. The molecule has 2 heterocycles. The topological polar surface area (TPSA) is 105 Å². The summed E-state index contributed by atoms with van der Waals surface area (Å²) in [6.07, 6.45) is 0. The molecule has 9 heteroatoms. The van der Waals surface area contributed by atoms with Gasteiger partial charge in [-0.25, -0.2) is 0 Å². The van der Waals surface area contributed by atoms with Crippen LogP contribution in [0.25, 0.3) is 0 Å². The van der Waals surface area contributed by atoms with Crippen LogP contribution in [0.1, 0.15) is 22.2 Å². The van der Waals surface area contributed by atoms with E-state index >= 15 is 0 Å². The van der Waals surface area contributed by atoms with Gasteiger partial charge in [-0.1, -0.05) is 13.0 Å². The van der Waals surface area contributed by atoms with Gasteiger partial charge in [0.2, 0.25) is 11.8 Å². The number of carbonyl (C=O) groups excluding carboxylic acids is 3. The number of hydrogen-bond donors (Lipinski definition) is 3. The molecule has 0 spiro atoms. The summed E-state index contributed by atoms with van der Waals surface area (Å²) in [5.74, 6) is -1.02. The highest BCUT2D eigenvalue weighted by Gasteiger charge is 2.16. The first-order chi connectivity index (χ1) is 12.0. The minimum atomic E-state index is -0.586. The molecule has 0 bridgehead atoms. The molecule has 7 nitrogen and oxygen atoms in total. The van der Waals surface area contributed by atoms with Gasteiger partial charge in [0.15, 0.2) is 0 Å². The van der Waals surface area contributed by atoms with Gasteiger partial charge in [-0.2, -0.15) is 0 Å². The van der Waals surface area contributed by atoms with Crippen LogP contribution in [0.2, 0.25) is 0 Å². The number of hydrogen-bond acceptors (Lipinski definition) is 6. The number of rotatable bonds is 9. The monoisotopic (exact) mass is 380 g/mol. The van der Waals surface area contributed by atoms with Gasteiger partial charge in [-0.05, 0) is 29.4 Å². The van der Waals surface area contributed by atoms with E-state index in [1.165, 1.54) is 11.3 Å². The van der Waals surface area contributed by atoms with Crippen LogP contribution in [-0.4, -0.2) is 42.3 Å². The molecule has 2 aromatic rings. The Hall–Kier alpha value is -2.23. The maximum Gasteiger partial charge on any atom is 0.251 e. The van der Waals surface area contributed by atoms with Crippen molar-refractivity contribution >= 4 is 45.4 Å². The van der Waals surface area contributed by atoms with E-state index in [4.69, 9.17) is 5.73 Å². The van der Waals surface area contributed by atoms with Gasteiger partial charge in [0, 0.05) is 4.88 Å². The van der Waals surface area contributed by atoms with Crippen molar-refractivity contribution in [3.8, 4) is 0 Å². The van der Waals surface area contributed by atoms with Crippen molar-refractivity contribution in [1.82, 2.24) is 10.2 Å². The van der Waals surface area contributed by atoms with Crippen LogP contribution in [0.3, 0.4) is 0 Å². The Balaban J connectivity index is 1.81. The second kappa shape index (κ2) is 9.30. The van der Waals surface area contributed by atoms with E-state index in [-0.39, 0.29) is 30.5 Å². The number of anilines is 1. The molecule has 0 fully saturated rings. The lowest BCUT2D eigenvalue weighted by Crippen LogP contribution is -2.40. The molecule has 0 atom stereocenters. The van der Waals surface area contributed by atoms with Crippen LogP contribution in [-0.2, 0) is 16.1 Å². The predicted octanol–water partition coefficient (Wildman–Crippen LogP) is 1.49. The van der Waals surface area contributed by atoms with Crippen LogP contribution < -0.4 is 16.4 Å². The van der Waals surface area contributed by atoms with E-state index in [0.717, 1.165) is 4.88 Å². The Labute approximate surface area is 153 Å². The molecule has 0 aliphatic carbocycles. The normalized spacial score (nSPS) is 10.6. The maximum absolute atomic E-state index is 12.2. The highest BCUT2D eigenvalue weighted by atomic mass is 32.1. The zero-order valence-corrected chi connectivity index (χ0v) is 15.4. The summed E-state index contributed by atoms with van der Waals surface area (Å²) < 4.78 is 0. The number of nitrogens with two attached hydrogens (primary N) is 1. The molecule has 134 valence electrons. The molecule has 0 saturated heterocycles. The average Bonchev–Trinajstić information content (AvgIpc) is 3.23. The van der Waals surface area contributed by atoms with Gasteiger partial charge in [0.25, 0.3) is 5.91 Å². The minimum absolute atomic E-state index is 0.0546. The summed E-state index contributed by atoms with van der Waals surface area (Å²) in [6, 6.07) is 5.45. The van der Waals surface area contributed by atoms with E-state index in [2.05, 4.69) is 10.6 Å². The summed E-state index contributed by atoms with van der Waals surface area (Å²) in [7, 11) is 0. The SMILES string of the molecule is CCN(CC(=O)NCc1cccs1)CC(=O)Nc1sccc1C(N)=O. The van der Waals surface area contributed by atoms with E-state index in [1.54, 1.807) is 27.7 Å². The van der Waals surface area contributed by atoms with Crippen LogP contribution in [0.4, 0.5) is 5.00 Å². The lowest BCUT2D eigenvalue weighted by molar-refractivity contribution is -0.123. The molecular formula is C16H20N4O3S2. The standard InChI is InChI=1S/C16H20N4O3S2/c1-2-20(9-13(21)18-8-11-4-3-6-24-11)10-14(22)19-16-12(15(17)23)5-7-25-16/h3-7H,2,8-10H2,1H3,(H2,17,23)(H,18,21)(H,19,22). The fraction of sp³-hybridized carbons (Fsp3) is 0.312. The molecule has 2 rings (SSSR count). The number of amides is 3. The lowest BCUT2D eigenvalue weighted by Gasteiger charge is -2.19. The first kappa shape index (κ1) is 19.1. The smallest absolute Gasteiger partial charge is 0.251 e. The van der Waals surface area contributed by atoms with Gasteiger partial charge in [0.1, 0.15) is 5.00 Å². The summed E-state index contributed by atoms with van der Waals surface area (Å²) in [4.78, 5) is 38.2. The van der Waals surface area contributed by atoms with Gasteiger partial charge >= 0.3 is 0 Å². The third kappa shape index (κ3) is 5.96. The Morgan fingerprint density at radius 2 is 1.88 bits per heavy atom. The number of nitrogens with one attached hydrogen (secondary N) is 2. The van der Waals surface area contributed by atoms with E-state index < -0.39 is 5.91 Å². The van der Waals surface area contributed by atoms with Crippen molar-refractivity contribution in [2.24, 2.45) is 5.73 Å². The molecule has 2 aromatic heterocycles. The lowest BCUT2D eigenvalue weighted by atomic mass is 10.3. The van der Waals surface area contributed by atoms with E-state index in [0.29, 0.717) is 18.1 Å². The summed E-state index contributed by atoms with van der Waals surface area (Å²) in [5.41, 5.74) is 5.54.